The van der Waals surface area contributed by atoms with Crippen molar-refractivity contribution in [3.8, 4) is 5.75 Å². The third kappa shape index (κ3) is 6.13. The van der Waals surface area contributed by atoms with Gasteiger partial charge in [0.15, 0.2) is 0 Å². The molecule has 32 heavy (non-hydrogen) atoms. The number of benzene rings is 1. The normalized spacial score (nSPS) is 23.0. The highest BCUT2D eigenvalue weighted by Gasteiger charge is 2.39. The number of rotatable bonds is 5. The number of hydrogen-bond acceptors (Lipinski definition) is 6. The van der Waals surface area contributed by atoms with Gasteiger partial charge in [0.25, 0.3) is 0 Å². The van der Waals surface area contributed by atoms with E-state index in [0.29, 0.717) is 39.3 Å². The Morgan fingerprint density at radius 3 is 2.41 bits per heavy atom. The first-order chi connectivity index (χ1) is 15.2. The maximum atomic E-state index is 12.2. The minimum Gasteiger partial charge on any atom is -0.490 e. The van der Waals surface area contributed by atoms with Crippen LogP contribution >= 0.6 is 0 Å². The second-order valence-corrected chi connectivity index (χ2v) is 9.09. The van der Waals surface area contributed by atoms with E-state index in [1.54, 1.807) is 9.80 Å². The van der Waals surface area contributed by atoms with Crippen molar-refractivity contribution >= 4 is 12.0 Å². The van der Waals surface area contributed by atoms with Crippen LogP contribution in [0.1, 0.15) is 37.8 Å². The molecule has 2 heterocycles. The quantitative estimate of drug-likeness (QED) is 0.745. The number of aryl methyl sites for hydroxylation is 2. The lowest BCUT2D eigenvalue weighted by Gasteiger charge is -2.40. The molecule has 8 heteroatoms. The van der Waals surface area contributed by atoms with Crippen molar-refractivity contribution in [2.24, 2.45) is 0 Å². The number of piperidine rings is 1. The molecular formula is C24H37N3O5. The summed E-state index contributed by atoms with van der Waals surface area (Å²) in [5, 5.41) is 11.5. The van der Waals surface area contributed by atoms with Crippen LogP contribution in [0.5, 0.6) is 5.75 Å². The van der Waals surface area contributed by atoms with E-state index in [4.69, 9.17) is 9.47 Å². The topological polar surface area (TPSA) is 82.6 Å². The van der Waals surface area contributed by atoms with Crippen LogP contribution in [0.15, 0.2) is 18.2 Å². The predicted molar refractivity (Wildman–Crippen MR) is 122 cm³/mol. The number of β-amino-alcohol motifs (C(OH)–C–C–N with tert-alkyl or cyclic N) is 1. The Morgan fingerprint density at radius 1 is 1.06 bits per heavy atom. The van der Waals surface area contributed by atoms with E-state index in [-0.39, 0.29) is 31.2 Å². The molecule has 1 atom stereocenters. The van der Waals surface area contributed by atoms with E-state index >= 15 is 0 Å². The van der Waals surface area contributed by atoms with Crippen molar-refractivity contribution in [2.45, 2.75) is 52.2 Å². The number of amides is 2. The fourth-order valence-corrected chi connectivity index (χ4v) is 4.51. The minimum atomic E-state index is -1.18. The Morgan fingerprint density at radius 2 is 1.78 bits per heavy atom. The van der Waals surface area contributed by atoms with Crippen molar-refractivity contribution in [1.82, 2.24) is 14.7 Å². The third-order valence-electron chi connectivity index (χ3n) is 6.58. The summed E-state index contributed by atoms with van der Waals surface area (Å²) in [4.78, 5) is 29.9. The maximum Gasteiger partial charge on any atom is 0.409 e. The van der Waals surface area contributed by atoms with Crippen LogP contribution in [-0.2, 0) is 9.53 Å². The summed E-state index contributed by atoms with van der Waals surface area (Å²) in [7, 11) is 0. The zero-order valence-corrected chi connectivity index (χ0v) is 19.8. The van der Waals surface area contributed by atoms with E-state index in [0.717, 1.165) is 24.2 Å². The number of hydrogen-bond donors (Lipinski definition) is 1. The zero-order chi connectivity index (χ0) is 23.3. The Hall–Kier alpha value is -2.32. The summed E-state index contributed by atoms with van der Waals surface area (Å²) >= 11 is 0. The summed E-state index contributed by atoms with van der Waals surface area (Å²) in [6.45, 7) is 11.1. The maximum absolute atomic E-state index is 12.2. The SMILES string of the molecule is CCOC(=O)N1CCC(N2CCN(C(C)=O)CC(O)(COc3ccc(C)c(C)c3)C2)CC1. The first-order valence-corrected chi connectivity index (χ1v) is 11.5. The Bertz CT molecular complexity index is 809. The molecule has 2 aliphatic rings. The lowest BCUT2D eigenvalue weighted by molar-refractivity contribution is -0.132. The molecule has 1 N–H and O–H groups in total. The van der Waals surface area contributed by atoms with Gasteiger partial charge in [0.1, 0.15) is 18.0 Å². The number of likely N-dealkylation sites (tertiary alicyclic amines) is 1. The third-order valence-corrected chi connectivity index (χ3v) is 6.58. The number of aliphatic hydroxyl groups is 1. The fraction of sp³-hybridized carbons (Fsp3) is 0.667. The van der Waals surface area contributed by atoms with Crippen LogP contribution in [0.25, 0.3) is 0 Å². The molecule has 0 aliphatic carbocycles. The van der Waals surface area contributed by atoms with Gasteiger partial charge in [-0.3, -0.25) is 9.69 Å². The van der Waals surface area contributed by atoms with Crippen molar-refractivity contribution in [1.29, 1.82) is 0 Å². The average Bonchev–Trinajstić information content (AvgIpc) is 2.95. The van der Waals surface area contributed by atoms with Gasteiger partial charge in [0, 0.05) is 45.7 Å². The molecule has 0 aromatic heterocycles. The first-order valence-electron chi connectivity index (χ1n) is 11.5. The van der Waals surface area contributed by atoms with E-state index in [1.807, 2.05) is 39.0 Å². The minimum absolute atomic E-state index is 0.0476. The summed E-state index contributed by atoms with van der Waals surface area (Å²) < 4.78 is 11.1. The molecule has 0 spiro atoms. The molecule has 3 rings (SSSR count). The molecule has 1 unspecified atom stereocenters. The second-order valence-electron chi connectivity index (χ2n) is 9.09. The second kappa shape index (κ2) is 10.5. The monoisotopic (exact) mass is 447 g/mol. The van der Waals surface area contributed by atoms with Gasteiger partial charge in [-0.2, -0.15) is 0 Å². The van der Waals surface area contributed by atoms with Gasteiger partial charge >= 0.3 is 6.09 Å². The van der Waals surface area contributed by atoms with Gasteiger partial charge in [-0.1, -0.05) is 6.07 Å². The summed E-state index contributed by atoms with van der Waals surface area (Å²) in [6, 6.07) is 6.13. The molecule has 1 aromatic rings. The Balaban J connectivity index is 1.67. The predicted octanol–water partition coefficient (Wildman–Crippen LogP) is 2.20. The smallest absolute Gasteiger partial charge is 0.409 e. The van der Waals surface area contributed by atoms with E-state index in [9.17, 15) is 14.7 Å². The molecule has 1 aromatic carbocycles. The lowest BCUT2D eigenvalue weighted by atomic mass is 9.99. The summed E-state index contributed by atoms with van der Waals surface area (Å²) in [5.74, 6) is 0.669. The highest BCUT2D eigenvalue weighted by Crippen LogP contribution is 2.24. The Kier molecular flexibility index (Phi) is 8.00. The van der Waals surface area contributed by atoms with Crippen LogP contribution in [0, 0.1) is 13.8 Å². The average molecular weight is 448 g/mol. The number of carbonyl (C=O) groups excluding carboxylic acids is 2. The Labute approximate surface area is 191 Å². The van der Waals surface area contributed by atoms with Gasteiger partial charge < -0.3 is 24.4 Å². The number of carbonyl (C=O) groups is 2. The molecule has 0 saturated carbocycles. The largest absolute Gasteiger partial charge is 0.490 e. The van der Waals surface area contributed by atoms with Gasteiger partial charge in [-0.15, -0.1) is 0 Å². The molecule has 8 nitrogen and oxygen atoms in total. The molecule has 178 valence electrons. The van der Waals surface area contributed by atoms with Crippen LogP contribution < -0.4 is 4.74 Å². The highest BCUT2D eigenvalue weighted by molar-refractivity contribution is 5.73. The van der Waals surface area contributed by atoms with E-state index in [1.165, 1.54) is 12.5 Å². The summed E-state index contributed by atoms with van der Waals surface area (Å²) in [5.41, 5.74) is 1.14. The highest BCUT2D eigenvalue weighted by atomic mass is 16.6. The van der Waals surface area contributed by atoms with Gasteiger partial charge in [0.2, 0.25) is 5.91 Å². The van der Waals surface area contributed by atoms with Crippen molar-refractivity contribution in [2.75, 3.05) is 52.5 Å². The van der Waals surface area contributed by atoms with Gasteiger partial charge in [0.05, 0.1) is 13.2 Å². The standard InChI is InChI=1S/C24H37N3O5/c1-5-31-23(29)25-10-8-21(9-11-25)27-13-12-26(20(4)28)15-24(30,16-27)17-32-22-7-6-18(2)19(3)14-22/h6-7,14,21,30H,5,8-13,15-17H2,1-4H3. The van der Waals surface area contributed by atoms with Crippen molar-refractivity contribution < 1.29 is 24.2 Å². The summed E-state index contributed by atoms with van der Waals surface area (Å²) in [6.07, 6.45) is 1.36. The number of ether oxygens (including phenoxy) is 2. The molecular weight excluding hydrogens is 410 g/mol. The molecule has 0 bridgehead atoms. The molecule has 2 fully saturated rings. The molecule has 2 amide bonds. The lowest BCUT2D eigenvalue weighted by Crippen LogP contribution is -2.55. The van der Waals surface area contributed by atoms with E-state index < -0.39 is 5.60 Å². The molecule has 2 aliphatic heterocycles. The van der Waals surface area contributed by atoms with Gasteiger partial charge in [-0.25, -0.2) is 4.79 Å². The fourth-order valence-electron chi connectivity index (χ4n) is 4.51. The zero-order valence-electron chi connectivity index (χ0n) is 19.8. The van der Waals surface area contributed by atoms with Crippen molar-refractivity contribution in [3.63, 3.8) is 0 Å². The van der Waals surface area contributed by atoms with Gasteiger partial charge in [-0.05, 0) is 56.9 Å². The van der Waals surface area contributed by atoms with Crippen LogP contribution in [-0.4, -0.2) is 95.9 Å². The van der Waals surface area contributed by atoms with Crippen LogP contribution in [0.4, 0.5) is 4.79 Å². The van der Waals surface area contributed by atoms with Crippen LogP contribution in [0.2, 0.25) is 0 Å². The number of nitrogens with zero attached hydrogens (tertiary/aromatic N) is 3. The van der Waals surface area contributed by atoms with Crippen molar-refractivity contribution in [3.05, 3.63) is 29.3 Å². The molecule has 2 saturated heterocycles. The first kappa shape index (κ1) is 24.3. The van der Waals surface area contributed by atoms with E-state index in [2.05, 4.69) is 4.90 Å². The molecule has 0 radical (unpaired) electrons. The van der Waals surface area contributed by atoms with Crippen LogP contribution in [0.3, 0.4) is 0 Å².